The normalized spacial score (nSPS) is 11.3. The Balaban J connectivity index is 2.22. The van der Waals surface area contributed by atoms with Crippen LogP contribution in [-0.4, -0.2) is 14.5 Å². The molecule has 0 bridgehead atoms. The van der Waals surface area contributed by atoms with Crippen LogP contribution in [0.4, 0.5) is 0 Å². The van der Waals surface area contributed by atoms with Crippen molar-refractivity contribution < 1.29 is 0 Å². The fraction of sp³-hybridized carbons (Fsp3) is 0.231. The van der Waals surface area contributed by atoms with Gasteiger partial charge in [0.15, 0.2) is 5.82 Å². The number of hydrogen-bond acceptors (Lipinski definition) is 4. The monoisotopic (exact) mass is 292 g/mol. The van der Waals surface area contributed by atoms with E-state index in [1.807, 2.05) is 23.6 Å². The van der Waals surface area contributed by atoms with Gasteiger partial charge in [-0.2, -0.15) is 0 Å². The highest BCUT2D eigenvalue weighted by atomic mass is 35.5. The number of aryl methyl sites for hydroxylation is 1. The summed E-state index contributed by atoms with van der Waals surface area (Å²) in [7, 11) is 0. The minimum absolute atomic E-state index is 0.461. The van der Waals surface area contributed by atoms with Crippen LogP contribution >= 0.6 is 22.9 Å². The first-order valence-electron chi connectivity index (χ1n) is 6.03. The average Bonchev–Trinajstić information content (AvgIpc) is 3.01. The Kier molecular flexibility index (Phi) is 3.26. The van der Waals surface area contributed by atoms with Gasteiger partial charge in [-0.15, -0.1) is 11.3 Å². The number of thiazole rings is 1. The summed E-state index contributed by atoms with van der Waals surface area (Å²) >= 11 is 7.58. The first kappa shape index (κ1) is 12.6. The third kappa shape index (κ3) is 2.14. The minimum Gasteiger partial charge on any atom is -0.325 e. The zero-order valence-electron chi connectivity index (χ0n) is 10.4. The van der Waals surface area contributed by atoms with Gasteiger partial charge in [0.2, 0.25) is 0 Å². The lowest BCUT2D eigenvalue weighted by atomic mass is 10.3. The largest absolute Gasteiger partial charge is 0.325 e. The third-order valence-electron chi connectivity index (χ3n) is 2.98. The second kappa shape index (κ2) is 4.92. The molecule has 0 fully saturated rings. The summed E-state index contributed by atoms with van der Waals surface area (Å²) in [4.78, 5) is 9.15. The SMILES string of the molecule is CCn1c(-c2csc(CN)n2)nc2cc(Cl)ccc21. The number of hydrogen-bond donors (Lipinski definition) is 1. The minimum atomic E-state index is 0.461. The van der Waals surface area contributed by atoms with Crippen LogP contribution < -0.4 is 5.73 Å². The van der Waals surface area contributed by atoms with Gasteiger partial charge in [-0.25, -0.2) is 9.97 Å². The highest BCUT2D eigenvalue weighted by molar-refractivity contribution is 7.09. The molecule has 0 aliphatic rings. The number of halogens is 1. The molecule has 0 saturated heterocycles. The lowest BCUT2D eigenvalue weighted by molar-refractivity contribution is 0.793. The van der Waals surface area contributed by atoms with E-state index in [4.69, 9.17) is 17.3 Å². The van der Waals surface area contributed by atoms with Crippen molar-refractivity contribution in [2.45, 2.75) is 20.0 Å². The number of benzene rings is 1. The number of rotatable bonds is 3. The van der Waals surface area contributed by atoms with E-state index in [1.165, 1.54) is 0 Å². The van der Waals surface area contributed by atoms with Crippen LogP contribution in [0.5, 0.6) is 0 Å². The van der Waals surface area contributed by atoms with E-state index in [-0.39, 0.29) is 0 Å². The molecule has 0 aliphatic carbocycles. The van der Waals surface area contributed by atoms with Crippen molar-refractivity contribution in [3.63, 3.8) is 0 Å². The topological polar surface area (TPSA) is 56.7 Å². The molecular weight excluding hydrogens is 280 g/mol. The molecule has 6 heteroatoms. The maximum atomic E-state index is 6.02. The zero-order chi connectivity index (χ0) is 13.4. The molecule has 4 nitrogen and oxygen atoms in total. The molecule has 1 aromatic carbocycles. The lowest BCUT2D eigenvalue weighted by Gasteiger charge is -2.03. The van der Waals surface area contributed by atoms with Gasteiger partial charge in [0, 0.05) is 23.5 Å². The fourth-order valence-corrected chi connectivity index (χ4v) is 2.95. The van der Waals surface area contributed by atoms with Gasteiger partial charge in [0.05, 0.1) is 11.0 Å². The smallest absolute Gasteiger partial charge is 0.160 e. The summed E-state index contributed by atoms with van der Waals surface area (Å²) in [6, 6.07) is 5.75. The van der Waals surface area contributed by atoms with Crippen molar-refractivity contribution in [3.05, 3.63) is 33.6 Å². The van der Waals surface area contributed by atoms with Crippen LogP contribution in [0.2, 0.25) is 5.02 Å². The van der Waals surface area contributed by atoms with Gasteiger partial charge in [0.1, 0.15) is 10.7 Å². The Bertz CT molecular complexity index is 731. The van der Waals surface area contributed by atoms with Crippen LogP contribution in [0, 0.1) is 0 Å². The maximum Gasteiger partial charge on any atom is 0.160 e. The standard InChI is InChI=1S/C13H13ClN4S/c1-2-18-11-4-3-8(14)5-9(11)17-13(18)10-7-19-12(6-15)16-10/h3-5,7H,2,6,15H2,1H3. The fourth-order valence-electron chi connectivity index (χ4n) is 2.13. The van der Waals surface area contributed by atoms with Crippen molar-refractivity contribution in [3.8, 4) is 11.5 Å². The van der Waals surface area contributed by atoms with E-state index in [9.17, 15) is 0 Å². The van der Waals surface area contributed by atoms with Crippen molar-refractivity contribution >= 4 is 34.0 Å². The molecular formula is C13H13ClN4S. The van der Waals surface area contributed by atoms with Gasteiger partial charge in [-0.3, -0.25) is 0 Å². The molecule has 0 radical (unpaired) electrons. The quantitative estimate of drug-likeness (QED) is 0.806. The summed E-state index contributed by atoms with van der Waals surface area (Å²) < 4.78 is 2.14. The summed E-state index contributed by atoms with van der Waals surface area (Å²) in [6.07, 6.45) is 0. The molecule has 0 saturated carbocycles. The van der Waals surface area contributed by atoms with Crippen LogP contribution in [0.25, 0.3) is 22.6 Å². The van der Waals surface area contributed by atoms with Gasteiger partial charge >= 0.3 is 0 Å². The van der Waals surface area contributed by atoms with Crippen LogP contribution in [-0.2, 0) is 13.1 Å². The van der Waals surface area contributed by atoms with E-state index >= 15 is 0 Å². The van der Waals surface area contributed by atoms with E-state index < -0.39 is 0 Å². The lowest BCUT2D eigenvalue weighted by Crippen LogP contribution is -1.99. The van der Waals surface area contributed by atoms with Gasteiger partial charge in [-0.05, 0) is 25.1 Å². The highest BCUT2D eigenvalue weighted by Gasteiger charge is 2.14. The van der Waals surface area contributed by atoms with E-state index in [0.29, 0.717) is 11.6 Å². The van der Waals surface area contributed by atoms with Crippen LogP contribution in [0.3, 0.4) is 0 Å². The molecule has 19 heavy (non-hydrogen) atoms. The second-order valence-corrected chi connectivity index (χ2v) is 5.52. The molecule has 0 spiro atoms. The predicted molar refractivity (Wildman–Crippen MR) is 79.4 cm³/mol. The molecule has 0 unspecified atom stereocenters. The van der Waals surface area contributed by atoms with Crippen molar-refractivity contribution in [2.24, 2.45) is 5.73 Å². The molecule has 0 aliphatic heterocycles. The molecule has 0 atom stereocenters. The summed E-state index contributed by atoms with van der Waals surface area (Å²) in [5.41, 5.74) is 8.45. The van der Waals surface area contributed by atoms with Crippen LogP contribution in [0.15, 0.2) is 23.6 Å². The molecule has 2 heterocycles. The van der Waals surface area contributed by atoms with E-state index in [2.05, 4.69) is 21.5 Å². The highest BCUT2D eigenvalue weighted by Crippen LogP contribution is 2.27. The van der Waals surface area contributed by atoms with Crippen molar-refractivity contribution in [2.75, 3.05) is 0 Å². The number of aromatic nitrogens is 3. The molecule has 98 valence electrons. The number of nitrogens with two attached hydrogens (primary N) is 1. The predicted octanol–water partition coefficient (Wildman–Crippen LogP) is 3.29. The molecule has 2 N–H and O–H groups in total. The summed E-state index contributed by atoms with van der Waals surface area (Å²) in [5.74, 6) is 0.871. The van der Waals surface area contributed by atoms with Gasteiger partial charge in [0.25, 0.3) is 0 Å². The Labute approximate surface area is 119 Å². The number of fused-ring (bicyclic) bond motifs is 1. The second-order valence-electron chi connectivity index (χ2n) is 4.14. The first-order valence-corrected chi connectivity index (χ1v) is 7.29. The van der Waals surface area contributed by atoms with E-state index in [0.717, 1.165) is 34.1 Å². The number of imidazole rings is 1. The van der Waals surface area contributed by atoms with Crippen molar-refractivity contribution in [1.82, 2.24) is 14.5 Å². The molecule has 0 amide bonds. The Morgan fingerprint density at radius 3 is 2.89 bits per heavy atom. The molecule has 3 rings (SSSR count). The zero-order valence-corrected chi connectivity index (χ0v) is 12.0. The number of nitrogens with zero attached hydrogens (tertiary/aromatic N) is 3. The van der Waals surface area contributed by atoms with Gasteiger partial charge in [-0.1, -0.05) is 11.6 Å². The van der Waals surface area contributed by atoms with E-state index in [1.54, 1.807) is 11.3 Å². The Hall–Kier alpha value is -1.43. The molecule has 3 aromatic rings. The summed E-state index contributed by atoms with van der Waals surface area (Å²) in [5, 5.41) is 3.61. The summed E-state index contributed by atoms with van der Waals surface area (Å²) in [6.45, 7) is 3.39. The first-order chi connectivity index (χ1) is 9.22. The van der Waals surface area contributed by atoms with Gasteiger partial charge < -0.3 is 10.3 Å². The Morgan fingerprint density at radius 2 is 2.21 bits per heavy atom. The average molecular weight is 293 g/mol. The Morgan fingerprint density at radius 1 is 1.37 bits per heavy atom. The van der Waals surface area contributed by atoms with Crippen molar-refractivity contribution in [1.29, 1.82) is 0 Å². The molecule has 2 aromatic heterocycles. The maximum absolute atomic E-state index is 6.02. The third-order valence-corrected chi connectivity index (χ3v) is 4.09. The van der Waals surface area contributed by atoms with Crippen LogP contribution in [0.1, 0.15) is 11.9 Å².